The Labute approximate surface area is 133 Å². The van der Waals surface area contributed by atoms with Gasteiger partial charge in [-0.3, -0.25) is 15.4 Å². The van der Waals surface area contributed by atoms with Crippen LogP contribution in [0.1, 0.15) is 0 Å². The number of nitro benzene ring substituents is 1. The maximum atomic E-state index is 10.6. The number of para-hydroxylation sites is 1. The van der Waals surface area contributed by atoms with Crippen LogP contribution in [0.5, 0.6) is 0 Å². The molecule has 6 heteroatoms. The number of anilines is 2. The van der Waals surface area contributed by atoms with E-state index in [1.165, 1.54) is 17.5 Å². The van der Waals surface area contributed by atoms with Gasteiger partial charge in [0, 0.05) is 29.3 Å². The Morgan fingerprint density at radius 3 is 2.43 bits per heavy atom. The predicted molar refractivity (Wildman–Crippen MR) is 90.6 cm³/mol. The second kappa shape index (κ2) is 6.74. The monoisotopic (exact) mass is 309 g/mol. The average Bonchev–Trinajstić information content (AvgIpc) is 2.59. The lowest BCUT2D eigenvalue weighted by Crippen LogP contribution is -2.19. The largest absolute Gasteiger partial charge is 0.381 e. The molecule has 3 N–H and O–H groups in total. The molecule has 0 aliphatic rings. The van der Waals surface area contributed by atoms with Crippen molar-refractivity contribution in [3.05, 3.63) is 70.8 Å². The van der Waals surface area contributed by atoms with Gasteiger partial charge in [0.1, 0.15) is 12.1 Å². The van der Waals surface area contributed by atoms with Gasteiger partial charge in [-0.15, -0.1) is 0 Å². The van der Waals surface area contributed by atoms with E-state index in [4.69, 9.17) is 0 Å². The molecule has 1 aromatic heterocycles. The summed E-state index contributed by atoms with van der Waals surface area (Å²) < 4.78 is 0. The summed E-state index contributed by atoms with van der Waals surface area (Å²) in [5.41, 5.74) is 2.04. The highest BCUT2D eigenvalue weighted by atomic mass is 16.6. The number of nitrogens with zero attached hydrogens (tertiary/aromatic N) is 1. The van der Waals surface area contributed by atoms with E-state index in [0.29, 0.717) is 6.54 Å². The van der Waals surface area contributed by atoms with Crippen LogP contribution in [0.2, 0.25) is 0 Å². The van der Waals surface area contributed by atoms with Crippen LogP contribution in [0.3, 0.4) is 0 Å². The van der Waals surface area contributed by atoms with Gasteiger partial charge in [0.2, 0.25) is 0 Å². The van der Waals surface area contributed by atoms with E-state index in [2.05, 4.69) is 27.8 Å². The molecule has 0 amide bonds. The van der Waals surface area contributed by atoms with Gasteiger partial charge in [0.05, 0.1) is 11.5 Å². The fourth-order valence-corrected chi connectivity index (χ4v) is 2.32. The highest BCUT2D eigenvalue weighted by Crippen LogP contribution is 2.15. The smallest absolute Gasteiger partial charge is 0.272 e. The standard InChI is InChI=1S/C17H16N4O2/c22-21(23)15-8-6-14(7-9-15)18-11-12-19-17-10-5-13-3-1-2-4-16(13)20-17/h1-10,18H,11-12H2,(H,19,20)/p+1. The number of fused-ring (bicyclic) bond motifs is 1. The summed E-state index contributed by atoms with van der Waals surface area (Å²) in [4.78, 5) is 13.5. The molecule has 6 nitrogen and oxygen atoms in total. The second-order valence-electron chi connectivity index (χ2n) is 5.12. The second-order valence-corrected chi connectivity index (χ2v) is 5.12. The van der Waals surface area contributed by atoms with E-state index in [9.17, 15) is 10.1 Å². The van der Waals surface area contributed by atoms with Crippen molar-refractivity contribution in [3.8, 4) is 0 Å². The van der Waals surface area contributed by atoms with Crippen molar-refractivity contribution in [2.24, 2.45) is 0 Å². The van der Waals surface area contributed by atoms with Crippen LogP contribution in [0.15, 0.2) is 60.7 Å². The molecule has 23 heavy (non-hydrogen) atoms. The van der Waals surface area contributed by atoms with Gasteiger partial charge < -0.3 is 5.32 Å². The van der Waals surface area contributed by atoms with E-state index in [1.54, 1.807) is 12.1 Å². The Morgan fingerprint density at radius 1 is 0.913 bits per heavy atom. The first kappa shape index (κ1) is 14.8. The Balaban J connectivity index is 1.51. The fourth-order valence-electron chi connectivity index (χ4n) is 2.32. The zero-order valence-corrected chi connectivity index (χ0v) is 12.5. The lowest BCUT2D eigenvalue weighted by atomic mass is 10.2. The van der Waals surface area contributed by atoms with E-state index >= 15 is 0 Å². The molecular weight excluding hydrogens is 292 g/mol. The topological polar surface area (TPSA) is 81.3 Å². The summed E-state index contributed by atoms with van der Waals surface area (Å²) in [5, 5.41) is 18.3. The number of nitrogens with one attached hydrogen (secondary N) is 3. The first-order valence-electron chi connectivity index (χ1n) is 7.36. The third-order valence-corrected chi connectivity index (χ3v) is 3.51. The van der Waals surface area contributed by atoms with E-state index in [1.807, 2.05) is 24.3 Å². The number of nitro groups is 1. The number of aromatic amines is 1. The normalized spacial score (nSPS) is 10.4. The number of benzene rings is 2. The summed E-state index contributed by atoms with van der Waals surface area (Å²) in [5.74, 6) is 0.953. The number of non-ortho nitro benzene ring substituents is 1. The van der Waals surface area contributed by atoms with Crippen molar-refractivity contribution in [3.63, 3.8) is 0 Å². The van der Waals surface area contributed by atoms with Gasteiger partial charge >= 0.3 is 0 Å². The van der Waals surface area contributed by atoms with Crippen LogP contribution < -0.4 is 15.6 Å². The minimum absolute atomic E-state index is 0.0967. The van der Waals surface area contributed by atoms with Gasteiger partial charge in [-0.25, -0.2) is 4.98 Å². The minimum Gasteiger partial charge on any atom is -0.381 e. The lowest BCUT2D eigenvalue weighted by Gasteiger charge is -2.05. The molecule has 116 valence electrons. The van der Waals surface area contributed by atoms with Crippen molar-refractivity contribution >= 4 is 28.1 Å². The van der Waals surface area contributed by atoms with E-state index < -0.39 is 4.92 Å². The third-order valence-electron chi connectivity index (χ3n) is 3.51. The van der Waals surface area contributed by atoms with Crippen molar-refractivity contribution < 1.29 is 9.91 Å². The zero-order valence-electron chi connectivity index (χ0n) is 12.5. The SMILES string of the molecule is O=[N+]([O-])c1ccc(NCCNc2ccc3ccccc3[nH+]2)cc1. The Morgan fingerprint density at radius 2 is 1.65 bits per heavy atom. The highest BCUT2D eigenvalue weighted by molar-refractivity contribution is 5.75. The maximum absolute atomic E-state index is 10.6. The minimum atomic E-state index is -0.402. The number of rotatable bonds is 6. The molecule has 0 fully saturated rings. The van der Waals surface area contributed by atoms with Crippen LogP contribution in [0, 0.1) is 10.1 Å². The fraction of sp³-hybridized carbons (Fsp3) is 0.118. The number of aromatic nitrogens is 1. The van der Waals surface area contributed by atoms with Crippen LogP contribution in [0.4, 0.5) is 17.2 Å². The van der Waals surface area contributed by atoms with Gasteiger partial charge in [-0.1, -0.05) is 18.2 Å². The molecule has 0 bridgehead atoms. The first-order chi connectivity index (χ1) is 11.2. The van der Waals surface area contributed by atoms with Crippen LogP contribution in [-0.4, -0.2) is 18.0 Å². The van der Waals surface area contributed by atoms with E-state index in [-0.39, 0.29) is 5.69 Å². The number of H-pyrrole nitrogens is 1. The number of hydrogen-bond donors (Lipinski definition) is 2. The van der Waals surface area contributed by atoms with Gasteiger partial charge in [-0.2, -0.15) is 0 Å². The molecule has 0 aliphatic heterocycles. The van der Waals surface area contributed by atoms with Gasteiger partial charge in [0.25, 0.3) is 11.5 Å². The number of hydrogen-bond acceptors (Lipinski definition) is 4. The van der Waals surface area contributed by atoms with Crippen molar-refractivity contribution in [1.29, 1.82) is 0 Å². The molecule has 0 atom stereocenters. The molecular formula is C17H17N4O2+. The molecule has 0 saturated carbocycles. The molecule has 2 aromatic carbocycles. The molecule has 0 saturated heterocycles. The number of pyridine rings is 1. The molecule has 3 rings (SSSR count). The van der Waals surface area contributed by atoms with Crippen molar-refractivity contribution in [2.45, 2.75) is 0 Å². The maximum Gasteiger partial charge on any atom is 0.272 e. The lowest BCUT2D eigenvalue weighted by molar-refractivity contribution is -0.384. The van der Waals surface area contributed by atoms with Crippen molar-refractivity contribution in [1.82, 2.24) is 0 Å². The predicted octanol–water partition coefficient (Wildman–Crippen LogP) is 3.09. The van der Waals surface area contributed by atoms with Gasteiger partial charge in [0.15, 0.2) is 0 Å². The summed E-state index contributed by atoms with van der Waals surface area (Å²) in [6.07, 6.45) is 0. The van der Waals surface area contributed by atoms with Crippen molar-refractivity contribution in [2.75, 3.05) is 23.7 Å². The molecule has 0 unspecified atom stereocenters. The molecule has 0 radical (unpaired) electrons. The Kier molecular flexibility index (Phi) is 4.33. The summed E-state index contributed by atoms with van der Waals surface area (Å²) in [6, 6.07) is 18.6. The average molecular weight is 309 g/mol. The first-order valence-corrected chi connectivity index (χ1v) is 7.36. The summed E-state index contributed by atoms with van der Waals surface area (Å²) >= 11 is 0. The quantitative estimate of drug-likeness (QED) is 0.416. The zero-order chi connectivity index (χ0) is 16.1. The third kappa shape index (κ3) is 3.74. The van der Waals surface area contributed by atoms with Crippen LogP contribution >= 0.6 is 0 Å². The Bertz CT molecular complexity index is 818. The van der Waals surface area contributed by atoms with Gasteiger partial charge in [-0.05, 0) is 24.3 Å². The molecule has 3 aromatic rings. The summed E-state index contributed by atoms with van der Waals surface area (Å²) in [7, 11) is 0. The molecule has 0 spiro atoms. The molecule has 0 aliphatic carbocycles. The van der Waals surface area contributed by atoms with Crippen LogP contribution in [-0.2, 0) is 0 Å². The highest BCUT2D eigenvalue weighted by Gasteiger charge is 2.05. The summed E-state index contributed by atoms with van der Waals surface area (Å²) in [6.45, 7) is 1.43. The molecule has 1 heterocycles. The Hall–Kier alpha value is -3.15. The van der Waals surface area contributed by atoms with E-state index in [0.717, 1.165) is 23.6 Å². The van der Waals surface area contributed by atoms with Crippen LogP contribution in [0.25, 0.3) is 10.9 Å².